The molecule has 1 amide bonds. The monoisotopic (exact) mass is 383 g/mol. The predicted octanol–water partition coefficient (Wildman–Crippen LogP) is 4.63. The van der Waals surface area contributed by atoms with E-state index in [1.165, 1.54) is 0 Å². The molecule has 1 aliphatic rings. The van der Waals surface area contributed by atoms with Crippen molar-refractivity contribution in [3.63, 3.8) is 0 Å². The number of aromatic nitrogens is 2. The van der Waals surface area contributed by atoms with E-state index >= 15 is 0 Å². The van der Waals surface area contributed by atoms with Gasteiger partial charge in [-0.25, -0.2) is 0 Å². The summed E-state index contributed by atoms with van der Waals surface area (Å²) in [4.78, 5) is 16.8. The Hall–Kier alpha value is -2.47. The lowest BCUT2D eigenvalue weighted by Gasteiger charge is -2.06. The molecule has 1 saturated carbocycles. The fourth-order valence-electron chi connectivity index (χ4n) is 2.42. The van der Waals surface area contributed by atoms with Gasteiger partial charge in [-0.2, -0.15) is 4.98 Å². The standard InChI is InChI=1S/C18H14BrN3O2/c19-14-5-1-4-13(9-14)17(23)20-15-6-2-3-12(10-15)16-21-18(24-22-16)11-7-8-11/h1-6,9-11H,7-8H2,(H,20,23). The zero-order valence-electron chi connectivity index (χ0n) is 12.7. The van der Waals surface area contributed by atoms with Gasteiger partial charge in [0.2, 0.25) is 11.7 Å². The zero-order chi connectivity index (χ0) is 16.5. The number of nitrogens with one attached hydrogen (secondary N) is 1. The lowest BCUT2D eigenvalue weighted by molar-refractivity contribution is 0.102. The van der Waals surface area contributed by atoms with Gasteiger partial charge in [-0.15, -0.1) is 0 Å². The maximum absolute atomic E-state index is 12.3. The molecule has 120 valence electrons. The molecule has 1 fully saturated rings. The second-order valence-corrected chi connectivity index (χ2v) is 6.69. The van der Waals surface area contributed by atoms with Gasteiger partial charge in [-0.3, -0.25) is 4.79 Å². The SMILES string of the molecule is O=C(Nc1cccc(-c2noc(C3CC3)n2)c1)c1cccc(Br)c1. The number of halogens is 1. The van der Waals surface area contributed by atoms with Crippen molar-refractivity contribution in [1.82, 2.24) is 10.1 Å². The van der Waals surface area contributed by atoms with Gasteiger partial charge >= 0.3 is 0 Å². The van der Waals surface area contributed by atoms with Crippen LogP contribution < -0.4 is 5.32 Å². The molecule has 0 unspecified atom stereocenters. The summed E-state index contributed by atoms with van der Waals surface area (Å²) in [6.07, 6.45) is 2.23. The topological polar surface area (TPSA) is 68.0 Å². The third kappa shape index (κ3) is 3.23. The van der Waals surface area contributed by atoms with Crippen molar-refractivity contribution in [2.75, 3.05) is 5.32 Å². The molecule has 0 spiro atoms. The van der Waals surface area contributed by atoms with Crippen LogP contribution in [-0.2, 0) is 0 Å². The van der Waals surface area contributed by atoms with Crippen LogP contribution in [0.2, 0.25) is 0 Å². The summed E-state index contributed by atoms with van der Waals surface area (Å²) in [5, 5.41) is 6.92. The summed E-state index contributed by atoms with van der Waals surface area (Å²) < 4.78 is 6.16. The Kier molecular flexibility index (Phi) is 3.90. The predicted molar refractivity (Wildman–Crippen MR) is 93.8 cm³/mol. The minimum atomic E-state index is -0.166. The highest BCUT2D eigenvalue weighted by Gasteiger charge is 2.29. The molecule has 1 heterocycles. The highest BCUT2D eigenvalue weighted by Crippen LogP contribution is 2.39. The van der Waals surface area contributed by atoms with E-state index in [0.29, 0.717) is 28.9 Å². The fraction of sp³-hybridized carbons (Fsp3) is 0.167. The first kappa shape index (κ1) is 15.1. The molecular weight excluding hydrogens is 370 g/mol. The summed E-state index contributed by atoms with van der Waals surface area (Å²) in [6, 6.07) is 14.7. The fourth-order valence-corrected chi connectivity index (χ4v) is 2.82. The van der Waals surface area contributed by atoms with Gasteiger partial charge in [-0.05, 0) is 43.2 Å². The third-order valence-electron chi connectivity index (χ3n) is 3.83. The van der Waals surface area contributed by atoms with Crippen molar-refractivity contribution in [3.8, 4) is 11.4 Å². The number of nitrogens with zero attached hydrogens (tertiary/aromatic N) is 2. The molecule has 5 nitrogen and oxygen atoms in total. The number of carbonyl (C=O) groups excluding carboxylic acids is 1. The number of carbonyl (C=O) groups is 1. The Labute approximate surface area is 147 Å². The second kappa shape index (κ2) is 6.20. The number of rotatable bonds is 4. The average Bonchev–Trinajstić information content (AvgIpc) is 3.32. The normalized spacial score (nSPS) is 13.7. The third-order valence-corrected chi connectivity index (χ3v) is 4.33. The Balaban J connectivity index is 1.54. The number of hydrogen-bond acceptors (Lipinski definition) is 4. The summed E-state index contributed by atoms with van der Waals surface area (Å²) in [7, 11) is 0. The molecule has 0 bridgehead atoms. The second-order valence-electron chi connectivity index (χ2n) is 5.78. The first-order valence-corrected chi connectivity index (χ1v) is 8.49. The van der Waals surface area contributed by atoms with E-state index < -0.39 is 0 Å². The van der Waals surface area contributed by atoms with E-state index in [2.05, 4.69) is 31.4 Å². The zero-order valence-corrected chi connectivity index (χ0v) is 14.3. The number of anilines is 1. The Morgan fingerprint density at radius 1 is 1.17 bits per heavy atom. The lowest BCUT2D eigenvalue weighted by Crippen LogP contribution is -2.11. The lowest BCUT2D eigenvalue weighted by atomic mass is 10.1. The number of benzene rings is 2. The largest absolute Gasteiger partial charge is 0.339 e. The highest BCUT2D eigenvalue weighted by atomic mass is 79.9. The quantitative estimate of drug-likeness (QED) is 0.712. The first-order chi connectivity index (χ1) is 11.7. The van der Waals surface area contributed by atoms with Crippen LogP contribution in [-0.4, -0.2) is 16.0 Å². The van der Waals surface area contributed by atoms with Crippen molar-refractivity contribution in [1.29, 1.82) is 0 Å². The molecule has 2 aromatic carbocycles. The number of amides is 1. The molecule has 6 heteroatoms. The van der Waals surface area contributed by atoms with Crippen LogP contribution in [0, 0.1) is 0 Å². The van der Waals surface area contributed by atoms with Crippen LogP contribution in [0.15, 0.2) is 57.5 Å². The van der Waals surface area contributed by atoms with Crippen LogP contribution in [0.25, 0.3) is 11.4 Å². The van der Waals surface area contributed by atoms with Gasteiger partial charge in [0.15, 0.2) is 0 Å². The van der Waals surface area contributed by atoms with Gasteiger partial charge < -0.3 is 9.84 Å². The summed E-state index contributed by atoms with van der Waals surface area (Å²) in [5.74, 6) is 1.51. The van der Waals surface area contributed by atoms with Gasteiger partial charge in [-0.1, -0.05) is 39.3 Å². The van der Waals surface area contributed by atoms with Gasteiger partial charge in [0.25, 0.3) is 5.91 Å². The number of hydrogen-bond donors (Lipinski definition) is 1. The Bertz CT molecular complexity index is 903. The molecule has 0 radical (unpaired) electrons. The van der Waals surface area contributed by atoms with E-state index in [-0.39, 0.29) is 5.91 Å². The molecule has 1 N–H and O–H groups in total. The molecule has 3 aromatic rings. The maximum atomic E-state index is 12.3. The Morgan fingerprint density at radius 2 is 2.00 bits per heavy atom. The van der Waals surface area contributed by atoms with E-state index in [4.69, 9.17) is 4.52 Å². The van der Waals surface area contributed by atoms with Crippen LogP contribution in [0.1, 0.15) is 35.0 Å². The van der Waals surface area contributed by atoms with Crippen LogP contribution >= 0.6 is 15.9 Å². The first-order valence-electron chi connectivity index (χ1n) is 7.70. The molecule has 4 rings (SSSR count). The van der Waals surface area contributed by atoms with Crippen LogP contribution in [0.3, 0.4) is 0 Å². The van der Waals surface area contributed by atoms with E-state index in [9.17, 15) is 4.79 Å². The highest BCUT2D eigenvalue weighted by molar-refractivity contribution is 9.10. The minimum absolute atomic E-state index is 0.166. The smallest absolute Gasteiger partial charge is 0.255 e. The average molecular weight is 384 g/mol. The molecule has 0 atom stereocenters. The summed E-state index contributed by atoms with van der Waals surface area (Å²) >= 11 is 3.37. The van der Waals surface area contributed by atoms with Crippen molar-refractivity contribution in [2.24, 2.45) is 0 Å². The minimum Gasteiger partial charge on any atom is -0.339 e. The maximum Gasteiger partial charge on any atom is 0.255 e. The van der Waals surface area contributed by atoms with Crippen LogP contribution in [0.5, 0.6) is 0 Å². The molecule has 24 heavy (non-hydrogen) atoms. The van der Waals surface area contributed by atoms with Gasteiger partial charge in [0.1, 0.15) is 0 Å². The summed E-state index contributed by atoms with van der Waals surface area (Å²) in [6.45, 7) is 0. The van der Waals surface area contributed by atoms with E-state index in [1.807, 2.05) is 36.4 Å². The molecule has 0 saturated heterocycles. The summed E-state index contributed by atoms with van der Waals surface area (Å²) in [5.41, 5.74) is 2.10. The van der Waals surface area contributed by atoms with Crippen molar-refractivity contribution < 1.29 is 9.32 Å². The Morgan fingerprint density at radius 3 is 2.79 bits per heavy atom. The van der Waals surface area contributed by atoms with Crippen molar-refractivity contribution in [3.05, 3.63) is 64.5 Å². The molecule has 1 aromatic heterocycles. The van der Waals surface area contributed by atoms with E-state index in [0.717, 1.165) is 22.9 Å². The molecule has 1 aliphatic carbocycles. The van der Waals surface area contributed by atoms with Crippen LogP contribution in [0.4, 0.5) is 5.69 Å². The molecular formula is C18H14BrN3O2. The van der Waals surface area contributed by atoms with Gasteiger partial charge in [0, 0.05) is 27.2 Å². The van der Waals surface area contributed by atoms with E-state index in [1.54, 1.807) is 12.1 Å². The van der Waals surface area contributed by atoms with Gasteiger partial charge in [0.05, 0.1) is 0 Å². The van der Waals surface area contributed by atoms with Crippen molar-refractivity contribution >= 4 is 27.5 Å². The van der Waals surface area contributed by atoms with Crippen molar-refractivity contribution in [2.45, 2.75) is 18.8 Å². The molecule has 0 aliphatic heterocycles.